The molecule has 0 aliphatic carbocycles. The van der Waals surface area contributed by atoms with Gasteiger partial charge in [-0.2, -0.15) is 0 Å². The third-order valence-electron chi connectivity index (χ3n) is 5.25. The second kappa shape index (κ2) is 7.47. The van der Waals surface area contributed by atoms with E-state index >= 15 is 0 Å². The smallest absolute Gasteiger partial charge is 0.257 e. The number of nitrogens with one attached hydrogen (secondary N) is 2. The predicted octanol–water partition coefficient (Wildman–Crippen LogP) is 3.61. The number of hydrogen-bond donors (Lipinski definition) is 2. The summed E-state index contributed by atoms with van der Waals surface area (Å²) in [6.07, 6.45) is 1.30. The SMILES string of the molecule is COC1(C(=O)Nc2cccc(-c3ccc4ccccc4c3)n2)CCNCC1. The van der Waals surface area contributed by atoms with Crippen LogP contribution in [0.1, 0.15) is 12.8 Å². The molecular weight excluding hydrogens is 338 g/mol. The summed E-state index contributed by atoms with van der Waals surface area (Å²) in [7, 11) is 1.60. The number of benzene rings is 2. The fraction of sp³-hybridized carbons (Fsp3) is 0.273. The van der Waals surface area contributed by atoms with Gasteiger partial charge in [0.1, 0.15) is 11.4 Å². The predicted molar refractivity (Wildman–Crippen MR) is 108 cm³/mol. The van der Waals surface area contributed by atoms with Gasteiger partial charge in [0, 0.05) is 12.7 Å². The zero-order valence-corrected chi connectivity index (χ0v) is 15.4. The minimum atomic E-state index is -0.786. The van der Waals surface area contributed by atoms with Gasteiger partial charge in [-0.25, -0.2) is 4.98 Å². The Labute approximate surface area is 158 Å². The number of piperidine rings is 1. The highest BCUT2D eigenvalue weighted by molar-refractivity contribution is 5.97. The van der Waals surface area contributed by atoms with E-state index in [2.05, 4.69) is 45.9 Å². The lowest BCUT2D eigenvalue weighted by Gasteiger charge is -2.34. The maximum Gasteiger partial charge on any atom is 0.257 e. The minimum Gasteiger partial charge on any atom is -0.368 e. The average Bonchev–Trinajstić information content (AvgIpc) is 2.74. The molecule has 1 aromatic heterocycles. The van der Waals surface area contributed by atoms with Crippen LogP contribution >= 0.6 is 0 Å². The fourth-order valence-corrected chi connectivity index (χ4v) is 3.60. The fourth-order valence-electron chi connectivity index (χ4n) is 3.60. The van der Waals surface area contributed by atoms with Crippen molar-refractivity contribution in [3.63, 3.8) is 0 Å². The van der Waals surface area contributed by atoms with Gasteiger partial charge in [0.2, 0.25) is 0 Å². The molecule has 1 aliphatic rings. The van der Waals surface area contributed by atoms with Gasteiger partial charge >= 0.3 is 0 Å². The molecule has 5 heteroatoms. The Kier molecular flexibility index (Phi) is 4.88. The molecule has 5 nitrogen and oxygen atoms in total. The van der Waals surface area contributed by atoms with Gasteiger partial charge in [-0.05, 0) is 54.9 Å². The molecule has 1 fully saturated rings. The number of ether oxygens (including phenoxy) is 1. The van der Waals surface area contributed by atoms with E-state index in [1.54, 1.807) is 7.11 Å². The van der Waals surface area contributed by atoms with Crippen molar-refractivity contribution in [3.8, 4) is 11.3 Å². The Bertz CT molecular complexity index is 964. The van der Waals surface area contributed by atoms with Crippen LogP contribution in [0.25, 0.3) is 22.0 Å². The van der Waals surface area contributed by atoms with Crippen LogP contribution in [-0.4, -0.2) is 36.7 Å². The third-order valence-corrected chi connectivity index (χ3v) is 5.25. The number of carbonyl (C=O) groups is 1. The van der Waals surface area contributed by atoms with E-state index in [9.17, 15) is 4.79 Å². The number of carbonyl (C=O) groups excluding carboxylic acids is 1. The quantitative estimate of drug-likeness (QED) is 0.745. The minimum absolute atomic E-state index is 0.130. The molecule has 4 rings (SSSR count). The first-order chi connectivity index (χ1) is 13.2. The van der Waals surface area contributed by atoms with E-state index < -0.39 is 5.60 Å². The summed E-state index contributed by atoms with van der Waals surface area (Å²) < 4.78 is 5.60. The molecule has 0 unspecified atom stereocenters. The highest BCUT2D eigenvalue weighted by Gasteiger charge is 2.39. The molecule has 1 saturated heterocycles. The van der Waals surface area contributed by atoms with Crippen molar-refractivity contribution in [2.24, 2.45) is 0 Å². The van der Waals surface area contributed by atoms with Crippen LogP contribution in [0.2, 0.25) is 0 Å². The second-order valence-electron chi connectivity index (χ2n) is 6.87. The summed E-state index contributed by atoms with van der Waals surface area (Å²) in [4.78, 5) is 17.5. The van der Waals surface area contributed by atoms with Crippen LogP contribution in [0.5, 0.6) is 0 Å². The van der Waals surface area contributed by atoms with Crippen LogP contribution in [-0.2, 0) is 9.53 Å². The van der Waals surface area contributed by atoms with E-state index in [1.165, 1.54) is 10.8 Å². The number of rotatable bonds is 4. The van der Waals surface area contributed by atoms with Crippen molar-refractivity contribution in [1.29, 1.82) is 0 Å². The number of amides is 1. The van der Waals surface area contributed by atoms with Gasteiger partial charge in [-0.1, -0.05) is 42.5 Å². The maximum absolute atomic E-state index is 12.8. The van der Waals surface area contributed by atoms with Crippen molar-refractivity contribution in [1.82, 2.24) is 10.3 Å². The van der Waals surface area contributed by atoms with E-state index in [4.69, 9.17) is 4.74 Å². The van der Waals surface area contributed by atoms with Crippen molar-refractivity contribution < 1.29 is 9.53 Å². The molecule has 2 heterocycles. The first-order valence-electron chi connectivity index (χ1n) is 9.24. The summed E-state index contributed by atoms with van der Waals surface area (Å²) in [6, 6.07) is 20.2. The standard InChI is InChI=1S/C22H23N3O2/c1-27-22(11-13-23-14-12-22)21(26)25-20-8-4-7-19(24-20)18-10-9-16-5-2-3-6-17(16)15-18/h2-10,15,23H,11-14H2,1H3,(H,24,25,26). The van der Waals surface area contributed by atoms with E-state index in [1.807, 2.05) is 30.3 Å². The van der Waals surface area contributed by atoms with Gasteiger partial charge < -0.3 is 15.4 Å². The van der Waals surface area contributed by atoms with Gasteiger partial charge in [-0.15, -0.1) is 0 Å². The maximum atomic E-state index is 12.8. The lowest BCUT2D eigenvalue weighted by atomic mass is 9.91. The van der Waals surface area contributed by atoms with Gasteiger partial charge in [0.05, 0.1) is 5.69 Å². The van der Waals surface area contributed by atoms with E-state index in [-0.39, 0.29) is 5.91 Å². The summed E-state index contributed by atoms with van der Waals surface area (Å²) in [6.45, 7) is 1.54. The van der Waals surface area contributed by atoms with Crippen LogP contribution in [0.4, 0.5) is 5.82 Å². The van der Waals surface area contributed by atoms with E-state index in [0.29, 0.717) is 18.7 Å². The van der Waals surface area contributed by atoms with Crippen LogP contribution in [0.3, 0.4) is 0 Å². The monoisotopic (exact) mass is 361 g/mol. The summed E-state index contributed by atoms with van der Waals surface area (Å²) in [5.41, 5.74) is 1.06. The first-order valence-corrected chi connectivity index (χ1v) is 9.24. The lowest BCUT2D eigenvalue weighted by Crippen LogP contribution is -2.51. The van der Waals surface area contributed by atoms with Crippen LogP contribution < -0.4 is 10.6 Å². The molecule has 1 amide bonds. The molecule has 3 aromatic rings. The molecule has 2 aromatic carbocycles. The molecule has 0 radical (unpaired) electrons. The van der Waals surface area contributed by atoms with E-state index in [0.717, 1.165) is 24.3 Å². The Balaban J connectivity index is 1.59. The molecule has 2 N–H and O–H groups in total. The Morgan fingerprint density at radius 2 is 1.81 bits per heavy atom. The third kappa shape index (κ3) is 3.56. The first kappa shape index (κ1) is 17.6. The van der Waals surface area contributed by atoms with Crippen molar-refractivity contribution in [2.45, 2.75) is 18.4 Å². The van der Waals surface area contributed by atoms with Gasteiger partial charge in [0.15, 0.2) is 0 Å². The largest absolute Gasteiger partial charge is 0.368 e. The number of methoxy groups -OCH3 is 1. The molecule has 1 aliphatic heterocycles. The zero-order valence-electron chi connectivity index (χ0n) is 15.4. The number of aromatic nitrogens is 1. The summed E-state index contributed by atoms with van der Waals surface area (Å²) in [5.74, 6) is 0.412. The van der Waals surface area contributed by atoms with Crippen molar-refractivity contribution >= 4 is 22.5 Å². The number of hydrogen-bond acceptors (Lipinski definition) is 4. The highest BCUT2D eigenvalue weighted by Crippen LogP contribution is 2.26. The Morgan fingerprint density at radius 3 is 2.59 bits per heavy atom. The Hall–Kier alpha value is -2.76. The van der Waals surface area contributed by atoms with Gasteiger partial charge in [-0.3, -0.25) is 4.79 Å². The molecule has 0 atom stereocenters. The molecule has 27 heavy (non-hydrogen) atoms. The molecule has 0 bridgehead atoms. The van der Waals surface area contributed by atoms with Crippen molar-refractivity contribution in [3.05, 3.63) is 60.7 Å². The topological polar surface area (TPSA) is 63.2 Å². The normalized spacial score (nSPS) is 16.2. The number of nitrogens with zero attached hydrogens (tertiary/aromatic N) is 1. The summed E-state index contributed by atoms with van der Waals surface area (Å²) >= 11 is 0. The summed E-state index contributed by atoms with van der Waals surface area (Å²) in [5, 5.41) is 8.57. The van der Waals surface area contributed by atoms with Gasteiger partial charge in [0.25, 0.3) is 5.91 Å². The van der Waals surface area contributed by atoms with Crippen LogP contribution in [0.15, 0.2) is 60.7 Å². The molecular formula is C22H23N3O2. The molecule has 0 saturated carbocycles. The zero-order chi connectivity index (χ0) is 18.7. The highest BCUT2D eigenvalue weighted by atomic mass is 16.5. The van der Waals surface area contributed by atoms with Crippen LogP contribution in [0, 0.1) is 0 Å². The number of anilines is 1. The molecule has 138 valence electrons. The lowest BCUT2D eigenvalue weighted by molar-refractivity contribution is -0.140. The molecule has 0 spiro atoms. The van der Waals surface area contributed by atoms with Crippen molar-refractivity contribution in [2.75, 3.05) is 25.5 Å². The number of pyridine rings is 1. The number of fused-ring (bicyclic) bond motifs is 1. The Morgan fingerprint density at radius 1 is 1.04 bits per heavy atom. The average molecular weight is 361 g/mol. The second-order valence-corrected chi connectivity index (χ2v) is 6.87.